The summed E-state index contributed by atoms with van der Waals surface area (Å²) in [5.74, 6) is 1.08. The molecule has 0 saturated heterocycles. The van der Waals surface area contributed by atoms with Gasteiger partial charge in [0, 0.05) is 58.4 Å². The van der Waals surface area contributed by atoms with Crippen molar-refractivity contribution in [3.8, 4) is 56.7 Å². The van der Waals surface area contributed by atoms with E-state index >= 15 is 0 Å². The summed E-state index contributed by atoms with van der Waals surface area (Å²) >= 11 is 1.78. The SMILES string of the molecule is [2H]c1c([2H])c([2H])c2c(c1[2H])c1c([2H])c([2H])c([2H])c([2H])c1n2-c1cc(-c2nc(-c3ccc(-c4cccc5c4sc4ccccc45)cc3)nc(-n3c4ccccc4c4ccccc43)n2)ccc1-c1ccccc1. The number of para-hydroxylation sites is 4. The van der Waals surface area contributed by atoms with Crippen molar-refractivity contribution in [2.45, 2.75) is 0 Å². The highest BCUT2D eigenvalue weighted by Crippen LogP contribution is 2.41. The molecule has 6 heteroatoms. The molecule has 0 aliphatic heterocycles. The molecule has 0 atom stereocenters. The summed E-state index contributed by atoms with van der Waals surface area (Å²) < 4.78 is 77.9. The van der Waals surface area contributed by atoms with Crippen molar-refractivity contribution in [2.24, 2.45) is 0 Å². The van der Waals surface area contributed by atoms with Crippen LogP contribution in [0.15, 0.2) is 212 Å². The highest BCUT2D eigenvalue weighted by molar-refractivity contribution is 7.26. The van der Waals surface area contributed by atoms with Crippen molar-refractivity contribution in [1.82, 2.24) is 24.1 Å². The number of benzene rings is 9. The molecule has 63 heavy (non-hydrogen) atoms. The maximum absolute atomic E-state index is 9.32. The van der Waals surface area contributed by atoms with Crippen LogP contribution in [-0.4, -0.2) is 24.1 Å². The van der Waals surface area contributed by atoms with Crippen molar-refractivity contribution in [3.63, 3.8) is 0 Å². The second kappa shape index (κ2) is 14.2. The van der Waals surface area contributed by atoms with Crippen LogP contribution in [-0.2, 0) is 0 Å². The summed E-state index contributed by atoms with van der Waals surface area (Å²) in [7, 11) is 0. The lowest BCUT2D eigenvalue weighted by Gasteiger charge is -2.16. The van der Waals surface area contributed by atoms with Crippen LogP contribution in [0.25, 0.3) is 120 Å². The van der Waals surface area contributed by atoms with E-state index in [0.717, 1.165) is 44.1 Å². The van der Waals surface area contributed by atoms with Crippen LogP contribution in [0.3, 0.4) is 0 Å². The van der Waals surface area contributed by atoms with E-state index in [0.29, 0.717) is 34.4 Å². The van der Waals surface area contributed by atoms with Gasteiger partial charge in [-0.15, -0.1) is 11.3 Å². The molecule has 4 heterocycles. The molecule has 13 aromatic rings. The number of hydrogen-bond donors (Lipinski definition) is 0. The fraction of sp³-hybridized carbons (Fsp3) is 0. The molecule has 0 amide bonds. The Balaban J connectivity index is 1.08. The third-order valence-corrected chi connectivity index (χ3v) is 13.1. The zero-order chi connectivity index (χ0) is 48.4. The molecule has 4 aromatic heterocycles. The largest absolute Gasteiger partial charge is 0.309 e. The van der Waals surface area contributed by atoms with E-state index in [-0.39, 0.29) is 33.9 Å². The van der Waals surface area contributed by atoms with E-state index in [4.69, 9.17) is 23.2 Å². The van der Waals surface area contributed by atoms with Crippen molar-refractivity contribution in [1.29, 1.82) is 0 Å². The molecule has 9 aromatic carbocycles. The average Bonchev–Trinajstić information content (AvgIpc) is 4.09. The molecular formula is C57H35N5S. The van der Waals surface area contributed by atoms with E-state index in [1.165, 1.54) is 20.2 Å². The summed E-state index contributed by atoms with van der Waals surface area (Å²) in [6.07, 6.45) is 0. The Kier molecular flexibility index (Phi) is 6.39. The van der Waals surface area contributed by atoms with E-state index in [1.54, 1.807) is 15.9 Å². The monoisotopic (exact) mass is 829 g/mol. The van der Waals surface area contributed by atoms with Gasteiger partial charge in [-0.2, -0.15) is 9.97 Å². The van der Waals surface area contributed by atoms with Gasteiger partial charge in [-0.3, -0.25) is 4.57 Å². The molecule has 0 aliphatic carbocycles. The van der Waals surface area contributed by atoms with E-state index in [9.17, 15) is 2.74 Å². The molecular weight excluding hydrogens is 787 g/mol. The first-order chi connectivity index (χ1) is 34.6. The van der Waals surface area contributed by atoms with Crippen molar-refractivity contribution < 1.29 is 11.0 Å². The van der Waals surface area contributed by atoms with Crippen LogP contribution in [0.2, 0.25) is 0 Å². The van der Waals surface area contributed by atoms with Crippen LogP contribution in [0.4, 0.5) is 0 Å². The molecule has 5 nitrogen and oxygen atoms in total. The molecule has 13 rings (SSSR count). The highest BCUT2D eigenvalue weighted by Gasteiger charge is 2.21. The minimum atomic E-state index is -0.508. The normalized spacial score (nSPS) is 13.6. The van der Waals surface area contributed by atoms with Crippen LogP contribution in [0.1, 0.15) is 11.0 Å². The van der Waals surface area contributed by atoms with E-state index in [2.05, 4.69) is 66.7 Å². The fourth-order valence-electron chi connectivity index (χ4n) is 9.01. The van der Waals surface area contributed by atoms with Crippen molar-refractivity contribution in [2.75, 3.05) is 0 Å². The maximum Gasteiger partial charge on any atom is 0.238 e. The third kappa shape index (κ3) is 5.66. The molecule has 0 unspecified atom stereocenters. The van der Waals surface area contributed by atoms with Crippen molar-refractivity contribution in [3.05, 3.63) is 212 Å². The molecule has 0 N–H and O–H groups in total. The summed E-state index contributed by atoms with van der Waals surface area (Å²) in [5, 5.41) is 4.48. The number of aromatic nitrogens is 5. The summed E-state index contributed by atoms with van der Waals surface area (Å²) in [6.45, 7) is 0. The minimum absolute atomic E-state index is 0.00875. The first kappa shape index (κ1) is 28.4. The maximum atomic E-state index is 9.32. The van der Waals surface area contributed by atoms with Gasteiger partial charge in [0.1, 0.15) is 0 Å². The molecule has 0 spiro atoms. The molecule has 0 radical (unpaired) electrons. The predicted molar refractivity (Wildman–Crippen MR) is 263 cm³/mol. The van der Waals surface area contributed by atoms with E-state index < -0.39 is 36.3 Å². The topological polar surface area (TPSA) is 48.5 Å². The van der Waals surface area contributed by atoms with Gasteiger partial charge in [0.2, 0.25) is 5.95 Å². The standard InChI is InChI=1S/C57H35N5S/c1-2-15-36(16-3-1)40-34-33-39(35-52(40)61-48-24-9-4-17-42(48)43-18-5-10-25-49(43)61)56-58-55(59-57(60-56)62-50-26-11-6-19-44(50)45-20-7-12-27-51(45)62)38-31-29-37(30-32-38)41-22-14-23-47-46-21-8-13-28-53(46)63-54(41)47/h1-35H/i4D,5D,9D,10D,17D,18D,24D,25D. The van der Waals surface area contributed by atoms with Gasteiger partial charge >= 0.3 is 0 Å². The van der Waals surface area contributed by atoms with Crippen LogP contribution in [0, 0.1) is 0 Å². The van der Waals surface area contributed by atoms with E-state index in [1.807, 2.05) is 102 Å². The Bertz CT molecular complexity index is 4260. The number of hydrogen-bond acceptors (Lipinski definition) is 4. The number of thiophene rings is 1. The summed E-state index contributed by atoms with van der Waals surface area (Å²) in [6, 6.07) is 50.9. The zero-order valence-corrected chi connectivity index (χ0v) is 34.0. The Labute approximate surface area is 377 Å². The van der Waals surface area contributed by atoms with Gasteiger partial charge in [-0.05, 0) is 53.0 Å². The second-order valence-corrected chi connectivity index (χ2v) is 16.4. The van der Waals surface area contributed by atoms with Gasteiger partial charge in [-0.1, -0.05) is 176 Å². The average molecular weight is 830 g/mol. The van der Waals surface area contributed by atoms with Crippen LogP contribution in [0.5, 0.6) is 0 Å². The Morgan fingerprint density at radius 3 is 1.65 bits per heavy atom. The summed E-state index contributed by atoms with van der Waals surface area (Å²) in [4.78, 5) is 15.7. The smallest absolute Gasteiger partial charge is 0.238 e. The van der Waals surface area contributed by atoms with Gasteiger partial charge in [-0.25, -0.2) is 4.98 Å². The molecule has 294 valence electrons. The molecule has 0 fully saturated rings. The minimum Gasteiger partial charge on any atom is -0.309 e. The molecule has 0 bridgehead atoms. The van der Waals surface area contributed by atoms with Gasteiger partial charge in [0.25, 0.3) is 0 Å². The van der Waals surface area contributed by atoms with Crippen molar-refractivity contribution >= 4 is 75.1 Å². The second-order valence-electron chi connectivity index (χ2n) is 15.4. The van der Waals surface area contributed by atoms with Gasteiger partial charge in [0.15, 0.2) is 11.6 Å². The Morgan fingerprint density at radius 1 is 0.381 bits per heavy atom. The van der Waals surface area contributed by atoms with Gasteiger partial charge in [0.05, 0.1) is 38.7 Å². The van der Waals surface area contributed by atoms with Crippen LogP contribution < -0.4 is 0 Å². The Morgan fingerprint density at radius 2 is 0.937 bits per heavy atom. The van der Waals surface area contributed by atoms with Crippen LogP contribution >= 0.6 is 11.3 Å². The lowest BCUT2D eigenvalue weighted by atomic mass is 10.0. The fourth-order valence-corrected chi connectivity index (χ4v) is 10.3. The number of nitrogens with zero attached hydrogens (tertiary/aromatic N) is 5. The summed E-state index contributed by atoms with van der Waals surface area (Å²) in [5.41, 5.74) is 7.07. The lowest BCUT2D eigenvalue weighted by molar-refractivity contribution is 0.953. The Hall–Kier alpha value is -8.19. The first-order valence-electron chi connectivity index (χ1n) is 24.5. The predicted octanol–water partition coefficient (Wildman–Crippen LogP) is 15.1. The molecule has 0 aliphatic rings. The molecule has 0 saturated carbocycles. The zero-order valence-electron chi connectivity index (χ0n) is 41.2. The lowest BCUT2D eigenvalue weighted by Crippen LogP contribution is -2.07. The first-order valence-corrected chi connectivity index (χ1v) is 21.4. The third-order valence-electron chi connectivity index (χ3n) is 11.9. The number of rotatable bonds is 6. The highest BCUT2D eigenvalue weighted by atomic mass is 32.1. The quantitative estimate of drug-likeness (QED) is 0.168. The number of fused-ring (bicyclic) bond motifs is 9. The van der Waals surface area contributed by atoms with Gasteiger partial charge < -0.3 is 4.57 Å².